The van der Waals surface area contributed by atoms with Crippen LogP contribution in [0.5, 0.6) is 0 Å². The molecule has 3 atom stereocenters. The van der Waals surface area contributed by atoms with E-state index in [4.69, 9.17) is 4.74 Å². The minimum atomic E-state index is -5.09. The van der Waals surface area contributed by atoms with Crippen LogP contribution in [0.1, 0.15) is 29.5 Å². The summed E-state index contributed by atoms with van der Waals surface area (Å²) in [4.78, 5) is 18.9. The van der Waals surface area contributed by atoms with E-state index in [0.29, 0.717) is 30.6 Å². The molecule has 2 bridgehead atoms. The fourth-order valence-electron chi connectivity index (χ4n) is 4.07. The fraction of sp³-hybridized carbons (Fsp3) is 0.556. The van der Waals surface area contributed by atoms with Crippen LogP contribution < -0.4 is 5.32 Å². The first-order valence-corrected chi connectivity index (χ1v) is 9.02. The molecule has 0 saturated carbocycles. The molecular formula is C18H20F4N4O2. The second kappa shape index (κ2) is 7.00. The zero-order chi connectivity index (χ0) is 20.1. The maximum atomic E-state index is 14.0. The molecule has 1 amide bonds. The van der Waals surface area contributed by atoms with Crippen LogP contribution >= 0.6 is 0 Å². The van der Waals surface area contributed by atoms with Gasteiger partial charge in [0, 0.05) is 35.9 Å². The molecule has 0 aliphatic carbocycles. The van der Waals surface area contributed by atoms with Crippen LogP contribution in [-0.2, 0) is 4.74 Å². The minimum Gasteiger partial charge on any atom is -0.378 e. The number of alkyl halides is 4. The van der Waals surface area contributed by atoms with Crippen molar-refractivity contribution >= 4 is 16.9 Å². The van der Waals surface area contributed by atoms with Gasteiger partial charge in [-0.1, -0.05) is 0 Å². The van der Waals surface area contributed by atoms with E-state index in [1.807, 2.05) is 7.05 Å². The van der Waals surface area contributed by atoms with E-state index in [2.05, 4.69) is 15.2 Å². The summed E-state index contributed by atoms with van der Waals surface area (Å²) in [5, 5.41) is 3.09. The van der Waals surface area contributed by atoms with Crippen molar-refractivity contribution in [1.29, 1.82) is 0 Å². The Morgan fingerprint density at radius 3 is 2.64 bits per heavy atom. The SMILES string of the molecule is CN1C2COCC1CC(NC(=O)c1cn([C@H](F)C(F)(F)F)c3ncccc13)C2. The van der Waals surface area contributed by atoms with Crippen LogP contribution in [-0.4, -0.2) is 64.9 Å². The molecule has 2 saturated heterocycles. The Kier molecular flexibility index (Phi) is 4.78. The predicted octanol–water partition coefficient (Wildman–Crippen LogP) is 2.66. The summed E-state index contributed by atoms with van der Waals surface area (Å²) in [6.07, 6.45) is -4.84. The molecule has 2 aromatic heterocycles. The number of ether oxygens (including phenoxy) is 1. The zero-order valence-electron chi connectivity index (χ0n) is 15.1. The third-order valence-electron chi connectivity index (χ3n) is 5.57. The van der Waals surface area contributed by atoms with Crippen molar-refractivity contribution in [2.24, 2.45) is 0 Å². The van der Waals surface area contributed by atoms with Crippen LogP contribution in [0.2, 0.25) is 0 Å². The van der Waals surface area contributed by atoms with Gasteiger partial charge < -0.3 is 10.1 Å². The fourth-order valence-corrected chi connectivity index (χ4v) is 4.07. The maximum Gasteiger partial charge on any atom is 0.439 e. The first-order chi connectivity index (χ1) is 13.3. The van der Waals surface area contributed by atoms with Crippen LogP contribution in [0.25, 0.3) is 11.0 Å². The summed E-state index contributed by atoms with van der Waals surface area (Å²) in [5.41, 5.74) is -0.235. The van der Waals surface area contributed by atoms with Crippen LogP contribution in [0.15, 0.2) is 24.5 Å². The maximum absolute atomic E-state index is 14.0. The Morgan fingerprint density at radius 2 is 2.00 bits per heavy atom. The summed E-state index contributed by atoms with van der Waals surface area (Å²) in [6, 6.07) is 3.21. The summed E-state index contributed by atoms with van der Waals surface area (Å²) >= 11 is 0. The van der Waals surface area contributed by atoms with E-state index in [1.54, 1.807) is 0 Å². The summed E-state index contributed by atoms with van der Waals surface area (Å²) in [5.74, 6) is -0.528. The monoisotopic (exact) mass is 400 g/mol. The lowest BCUT2D eigenvalue weighted by atomic mass is 9.90. The van der Waals surface area contributed by atoms with E-state index in [0.717, 1.165) is 6.20 Å². The van der Waals surface area contributed by atoms with E-state index >= 15 is 0 Å². The van der Waals surface area contributed by atoms with Gasteiger partial charge >= 0.3 is 6.18 Å². The summed E-state index contributed by atoms with van der Waals surface area (Å²) in [7, 11) is 2.02. The average Bonchev–Trinajstić information content (AvgIpc) is 3.01. The van der Waals surface area contributed by atoms with E-state index in [-0.39, 0.29) is 34.7 Å². The Balaban J connectivity index is 1.60. The number of nitrogens with zero attached hydrogens (tertiary/aromatic N) is 3. The second-order valence-corrected chi connectivity index (χ2v) is 7.35. The third kappa shape index (κ3) is 3.35. The van der Waals surface area contributed by atoms with Crippen molar-refractivity contribution < 1.29 is 27.1 Å². The largest absolute Gasteiger partial charge is 0.439 e. The molecule has 2 aromatic rings. The topological polar surface area (TPSA) is 59.4 Å². The molecule has 2 aliphatic heterocycles. The summed E-state index contributed by atoms with van der Waals surface area (Å²) < 4.78 is 58.5. The lowest BCUT2D eigenvalue weighted by Crippen LogP contribution is -2.59. The molecule has 6 nitrogen and oxygen atoms in total. The molecule has 28 heavy (non-hydrogen) atoms. The third-order valence-corrected chi connectivity index (χ3v) is 5.57. The highest BCUT2D eigenvalue weighted by molar-refractivity contribution is 6.06. The lowest BCUT2D eigenvalue weighted by Gasteiger charge is -2.46. The highest BCUT2D eigenvalue weighted by atomic mass is 19.4. The van der Waals surface area contributed by atoms with Crippen molar-refractivity contribution in [3.63, 3.8) is 0 Å². The van der Waals surface area contributed by atoms with Gasteiger partial charge in [0.15, 0.2) is 0 Å². The number of pyridine rings is 1. The van der Waals surface area contributed by atoms with Crippen LogP contribution in [0.4, 0.5) is 17.6 Å². The number of hydrogen-bond acceptors (Lipinski definition) is 4. The van der Waals surface area contributed by atoms with Crippen LogP contribution in [0, 0.1) is 0 Å². The average molecular weight is 400 g/mol. The van der Waals surface area contributed by atoms with Crippen molar-refractivity contribution in [3.05, 3.63) is 30.1 Å². The van der Waals surface area contributed by atoms with Crippen molar-refractivity contribution in [3.8, 4) is 0 Å². The molecule has 4 rings (SSSR count). The number of hydrogen-bond donors (Lipinski definition) is 1. The first-order valence-electron chi connectivity index (χ1n) is 9.02. The Bertz CT molecular complexity index is 870. The van der Waals surface area contributed by atoms with Crippen molar-refractivity contribution in [2.45, 2.75) is 43.4 Å². The van der Waals surface area contributed by atoms with E-state index < -0.39 is 18.4 Å². The second-order valence-electron chi connectivity index (χ2n) is 7.35. The number of rotatable bonds is 3. The number of morpholine rings is 1. The van der Waals surface area contributed by atoms with E-state index in [9.17, 15) is 22.4 Å². The molecule has 0 aromatic carbocycles. The number of fused-ring (bicyclic) bond motifs is 3. The number of aromatic nitrogens is 2. The highest BCUT2D eigenvalue weighted by Crippen LogP contribution is 2.35. The number of amides is 1. The van der Waals surface area contributed by atoms with Crippen molar-refractivity contribution in [1.82, 2.24) is 19.8 Å². The molecule has 10 heteroatoms. The molecule has 1 N–H and O–H groups in total. The molecule has 0 spiro atoms. The van der Waals surface area contributed by atoms with Crippen molar-refractivity contribution in [2.75, 3.05) is 20.3 Å². The number of likely N-dealkylation sites (N-methyl/N-ethyl adjacent to an activating group) is 1. The number of halogens is 4. The smallest absolute Gasteiger partial charge is 0.378 e. The van der Waals surface area contributed by atoms with Gasteiger partial charge in [0.25, 0.3) is 12.2 Å². The molecule has 4 heterocycles. The van der Waals surface area contributed by atoms with Gasteiger partial charge in [-0.2, -0.15) is 13.2 Å². The van der Waals surface area contributed by atoms with Gasteiger partial charge in [-0.25, -0.2) is 9.37 Å². The minimum absolute atomic E-state index is 0.0182. The zero-order valence-corrected chi connectivity index (χ0v) is 15.1. The van der Waals surface area contributed by atoms with Gasteiger partial charge in [-0.15, -0.1) is 0 Å². The molecule has 2 aliphatic rings. The number of carbonyl (C=O) groups excluding carboxylic acids is 1. The van der Waals surface area contributed by atoms with Gasteiger partial charge in [0.1, 0.15) is 5.65 Å². The highest BCUT2D eigenvalue weighted by Gasteiger charge is 2.43. The molecule has 2 fully saturated rings. The normalized spacial score (nSPS) is 27.0. The number of piperidine rings is 1. The first kappa shape index (κ1) is 19.1. The van der Waals surface area contributed by atoms with Gasteiger partial charge in [0.05, 0.1) is 18.8 Å². The standard InChI is InChI=1S/C18H20F4N4O2/c1-25-11-5-10(6-12(25)9-28-8-11)24-16(27)14-7-26(17(19)18(20,21)22)15-13(14)3-2-4-23-15/h2-4,7,10-12,17H,5-6,8-9H2,1H3,(H,24,27)/t10?,11?,12?,17-/m0/s1. The molecule has 2 unspecified atom stereocenters. The predicted molar refractivity (Wildman–Crippen MR) is 92.6 cm³/mol. The van der Waals surface area contributed by atoms with Gasteiger partial charge in [-0.05, 0) is 32.0 Å². The molecule has 152 valence electrons. The van der Waals surface area contributed by atoms with E-state index in [1.165, 1.54) is 18.3 Å². The molecular weight excluding hydrogens is 380 g/mol. The number of carbonyl (C=O) groups is 1. The molecule has 0 radical (unpaired) electrons. The quantitative estimate of drug-likeness (QED) is 0.805. The lowest BCUT2D eigenvalue weighted by molar-refractivity contribution is -0.203. The summed E-state index contributed by atoms with van der Waals surface area (Å²) in [6.45, 7) is 1.16. The number of nitrogens with one attached hydrogen (secondary N) is 1. The van der Waals surface area contributed by atoms with Gasteiger partial charge in [-0.3, -0.25) is 14.3 Å². The Hall–Kier alpha value is -2.20. The van der Waals surface area contributed by atoms with Crippen LogP contribution in [0.3, 0.4) is 0 Å². The Morgan fingerprint density at radius 1 is 1.32 bits per heavy atom. The Labute approximate surface area is 158 Å². The van der Waals surface area contributed by atoms with Gasteiger partial charge in [0.2, 0.25) is 0 Å².